The van der Waals surface area contributed by atoms with Gasteiger partial charge in [-0.25, -0.2) is 4.98 Å². The van der Waals surface area contributed by atoms with E-state index in [1.165, 1.54) is 0 Å². The molecule has 1 saturated heterocycles. The summed E-state index contributed by atoms with van der Waals surface area (Å²) in [6.07, 6.45) is 5.02. The molecule has 1 fully saturated rings. The minimum absolute atomic E-state index is 0.486. The van der Waals surface area contributed by atoms with E-state index in [0.29, 0.717) is 24.4 Å². The average Bonchev–Trinajstić information content (AvgIpc) is 2.86. The quantitative estimate of drug-likeness (QED) is 0.818. The van der Waals surface area contributed by atoms with Crippen molar-refractivity contribution >= 4 is 5.95 Å². The zero-order chi connectivity index (χ0) is 16.9. The van der Waals surface area contributed by atoms with Gasteiger partial charge in [0.15, 0.2) is 5.82 Å². The number of anilines is 1. The first kappa shape index (κ1) is 16.6. The fraction of sp³-hybridized carbons (Fsp3) is 0.625. The van der Waals surface area contributed by atoms with Gasteiger partial charge in [0.05, 0.1) is 13.7 Å². The molecule has 2 aromatic heterocycles. The van der Waals surface area contributed by atoms with Gasteiger partial charge in [-0.2, -0.15) is 9.97 Å². The predicted molar refractivity (Wildman–Crippen MR) is 88.9 cm³/mol. The van der Waals surface area contributed by atoms with E-state index in [-0.39, 0.29) is 0 Å². The van der Waals surface area contributed by atoms with Crippen LogP contribution in [0.2, 0.25) is 0 Å². The Hall–Kier alpha value is -2.22. The van der Waals surface area contributed by atoms with E-state index in [1.807, 2.05) is 6.92 Å². The molecule has 2 aromatic rings. The second-order valence-electron chi connectivity index (χ2n) is 6.12. The molecule has 0 radical (unpaired) electrons. The fourth-order valence-corrected chi connectivity index (χ4v) is 3.08. The molecule has 1 aliphatic heterocycles. The van der Waals surface area contributed by atoms with Crippen LogP contribution in [-0.4, -0.2) is 58.3 Å². The van der Waals surface area contributed by atoms with E-state index in [4.69, 9.17) is 9.26 Å². The molecule has 8 heteroatoms. The normalized spacial score (nSPS) is 18.7. The fourth-order valence-electron chi connectivity index (χ4n) is 3.08. The third kappa shape index (κ3) is 4.00. The Balaban J connectivity index is 1.59. The van der Waals surface area contributed by atoms with E-state index in [9.17, 15) is 0 Å². The number of aromatic nitrogens is 4. The number of ether oxygens (including phenoxy) is 1. The number of methoxy groups -OCH3 is 1. The minimum atomic E-state index is 0.486. The van der Waals surface area contributed by atoms with Gasteiger partial charge in [-0.1, -0.05) is 5.16 Å². The SMILES string of the molecule is COc1ccnc(N2CCC[C@@H](N(C)Cc3noc(C)n3)CC2)n1. The van der Waals surface area contributed by atoms with Crippen LogP contribution in [-0.2, 0) is 6.54 Å². The maximum absolute atomic E-state index is 5.20. The lowest BCUT2D eigenvalue weighted by atomic mass is 10.1. The first-order chi connectivity index (χ1) is 11.7. The van der Waals surface area contributed by atoms with Gasteiger partial charge in [0.25, 0.3) is 0 Å². The summed E-state index contributed by atoms with van der Waals surface area (Å²) in [6, 6.07) is 2.25. The molecule has 0 N–H and O–H groups in total. The Bertz CT molecular complexity index is 662. The lowest BCUT2D eigenvalue weighted by Gasteiger charge is -2.26. The molecule has 3 heterocycles. The number of rotatable bonds is 5. The molecule has 0 saturated carbocycles. The standard InChI is InChI=1S/C16H24N6O2/c1-12-18-14(20-24-12)11-21(2)13-5-4-9-22(10-7-13)16-17-8-6-15(19-16)23-3/h6,8,13H,4-5,7,9-11H2,1-3H3/t13-/m1/s1. The second kappa shape index (κ2) is 7.57. The highest BCUT2D eigenvalue weighted by atomic mass is 16.5. The average molecular weight is 332 g/mol. The zero-order valence-electron chi connectivity index (χ0n) is 14.5. The Kier molecular flexibility index (Phi) is 5.24. The van der Waals surface area contributed by atoms with Crippen LogP contribution < -0.4 is 9.64 Å². The van der Waals surface area contributed by atoms with Crippen LogP contribution in [0.4, 0.5) is 5.95 Å². The van der Waals surface area contributed by atoms with Crippen LogP contribution in [0.25, 0.3) is 0 Å². The molecular weight excluding hydrogens is 308 g/mol. The van der Waals surface area contributed by atoms with Crippen LogP contribution in [0.15, 0.2) is 16.8 Å². The van der Waals surface area contributed by atoms with Gasteiger partial charge in [-0.3, -0.25) is 4.90 Å². The summed E-state index contributed by atoms with van der Waals surface area (Å²) >= 11 is 0. The third-order valence-corrected chi connectivity index (χ3v) is 4.39. The molecule has 0 spiro atoms. The van der Waals surface area contributed by atoms with E-state index in [1.54, 1.807) is 19.4 Å². The Morgan fingerprint density at radius 1 is 1.33 bits per heavy atom. The summed E-state index contributed by atoms with van der Waals surface area (Å²) in [5.74, 6) is 2.70. The number of aryl methyl sites for hydroxylation is 1. The summed E-state index contributed by atoms with van der Waals surface area (Å²) in [5, 5.41) is 3.98. The van der Waals surface area contributed by atoms with Crippen molar-refractivity contribution in [3.8, 4) is 5.88 Å². The highest BCUT2D eigenvalue weighted by molar-refractivity contribution is 5.32. The van der Waals surface area contributed by atoms with Gasteiger partial charge in [0, 0.05) is 38.3 Å². The van der Waals surface area contributed by atoms with Gasteiger partial charge < -0.3 is 14.2 Å². The molecule has 130 valence electrons. The highest BCUT2D eigenvalue weighted by Gasteiger charge is 2.23. The van der Waals surface area contributed by atoms with Crippen LogP contribution >= 0.6 is 0 Å². The zero-order valence-corrected chi connectivity index (χ0v) is 14.5. The smallest absolute Gasteiger partial charge is 0.228 e. The third-order valence-electron chi connectivity index (χ3n) is 4.39. The molecule has 24 heavy (non-hydrogen) atoms. The van der Waals surface area contributed by atoms with Crippen molar-refractivity contribution in [1.82, 2.24) is 25.0 Å². The van der Waals surface area contributed by atoms with Gasteiger partial charge in [0.1, 0.15) is 0 Å². The molecule has 0 amide bonds. The number of nitrogens with zero attached hydrogens (tertiary/aromatic N) is 6. The Labute approximate surface area is 141 Å². The summed E-state index contributed by atoms with van der Waals surface area (Å²) in [7, 11) is 3.74. The van der Waals surface area contributed by atoms with Crippen molar-refractivity contribution < 1.29 is 9.26 Å². The van der Waals surface area contributed by atoms with Crippen molar-refractivity contribution in [2.75, 3.05) is 32.1 Å². The first-order valence-corrected chi connectivity index (χ1v) is 8.27. The second-order valence-corrected chi connectivity index (χ2v) is 6.12. The van der Waals surface area contributed by atoms with E-state index in [2.05, 4.69) is 37.0 Å². The van der Waals surface area contributed by atoms with E-state index in [0.717, 1.165) is 44.1 Å². The molecule has 0 aromatic carbocycles. The topological polar surface area (TPSA) is 80.4 Å². The summed E-state index contributed by atoms with van der Waals surface area (Å²) in [6.45, 7) is 4.40. The summed E-state index contributed by atoms with van der Waals surface area (Å²) in [4.78, 5) is 17.6. The van der Waals surface area contributed by atoms with Crippen LogP contribution in [0.1, 0.15) is 31.0 Å². The Morgan fingerprint density at radius 3 is 2.96 bits per heavy atom. The van der Waals surface area contributed by atoms with Gasteiger partial charge in [-0.15, -0.1) is 0 Å². The van der Waals surface area contributed by atoms with Crippen molar-refractivity contribution in [3.05, 3.63) is 24.0 Å². The molecule has 0 bridgehead atoms. The maximum atomic E-state index is 5.20. The van der Waals surface area contributed by atoms with E-state index < -0.39 is 0 Å². The molecule has 1 aliphatic rings. The van der Waals surface area contributed by atoms with Crippen LogP contribution in [0.5, 0.6) is 5.88 Å². The first-order valence-electron chi connectivity index (χ1n) is 8.27. The lowest BCUT2D eigenvalue weighted by Crippen LogP contribution is -2.33. The van der Waals surface area contributed by atoms with Gasteiger partial charge in [-0.05, 0) is 26.3 Å². The van der Waals surface area contributed by atoms with Crippen LogP contribution in [0.3, 0.4) is 0 Å². The van der Waals surface area contributed by atoms with Crippen LogP contribution in [0, 0.1) is 6.92 Å². The highest BCUT2D eigenvalue weighted by Crippen LogP contribution is 2.21. The molecule has 8 nitrogen and oxygen atoms in total. The van der Waals surface area contributed by atoms with Crippen molar-refractivity contribution in [3.63, 3.8) is 0 Å². The number of hydrogen-bond donors (Lipinski definition) is 0. The largest absolute Gasteiger partial charge is 0.481 e. The molecule has 1 atom stereocenters. The van der Waals surface area contributed by atoms with E-state index >= 15 is 0 Å². The molecule has 0 unspecified atom stereocenters. The van der Waals surface area contributed by atoms with Crippen molar-refractivity contribution in [2.24, 2.45) is 0 Å². The molecule has 3 rings (SSSR count). The maximum Gasteiger partial charge on any atom is 0.228 e. The van der Waals surface area contributed by atoms with Gasteiger partial charge in [0.2, 0.25) is 17.7 Å². The lowest BCUT2D eigenvalue weighted by molar-refractivity contribution is 0.209. The van der Waals surface area contributed by atoms with Crippen molar-refractivity contribution in [1.29, 1.82) is 0 Å². The molecular formula is C16H24N6O2. The van der Waals surface area contributed by atoms with Crippen molar-refractivity contribution in [2.45, 2.75) is 38.8 Å². The monoisotopic (exact) mass is 332 g/mol. The Morgan fingerprint density at radius 2 is 2.21 bits per heavy atom. The summed E-state index contributed by atoms with van der Waals surface area (Å²) in [5.41, 5.74) is 0. The van der Waals surface area contributed by atoms with Gasteiger partial charge >= 0.3 is 0 Å². The minimum Gasteiger partial charge on any atom is -0.481 e. The number of hydrogen-bond acceptors (Lipinski definition) is 8. The predicted octanol–water partition coefficient (Wildman–Crippen LogP) is 1.67. The summed E-state index contributed by atoms with van der Waals surface area (Å²) < 4.78 is 10.2. The molecule has 0 aliphatic carbocycles.